The van der Waals surface area contributed by atoms with Crippen molar-refractivity contribution in [1.29, 1.82) is 0 Å². The second-order valence-electron chi connectivity index (χ2n) is 19.0. The summed E-state index contributed by atoms with van der Waals surface area (Å²) in [5.74, 6) is 0. The summed E-state index contributed by atoms with van der Waals surface area (Å²) in [6.45, 7) is 4.28. The van der Waals surface area contributed by atoms with Crippen LogP contribution in [0, 0.1) is 13.8 Å². The summed E-state index contributed by atoms with van der Waals surface area (Å²) in [6.07, 6.45) is 0. The molecule has 11 aromatic carbocycles. The highest BCUT2D eigenvalue weighted by molar-refractivity contribution is 6.26. The van der Waals surface area contributed by atoms with E-state index in [1.807, 2.05) is 0 Å². The highest BCUT2D eigenvalue weighted by Gasteiger charge is 2.26. The fraction of sp³-hybridized carbons (Fsp3) is 0.0294. The zero-order valence-electron chi connectivity index (χ0n) is 41.1. The fourth-order valence-corrected chi connectivity index (χ4v) is 10.9. The third-order valence-corrected chi connectivity index (χ3v) is 14.1. The van der Waals surface area contributed by atoms with Gasteiger partial charge in [0, 0.05) is 55.4 Å². The molecule has 0 atom stereocenters. The van der Waals surface area contributed by atoms with Crippen molar-refractivity contribution in [2.75, 3.05) is 21.3 Å². The van der Waals surface area contributed by atoms with E-state index in [2.05, 4.69) is 299 Å². The van der Waals surface area contributed by atoms with Crippen LogP contribution in [0.3, 0.4) is 0 Å². The molecule has 0 spiro atoms. The Morgan fingerprint density at radius 3 is 1.22 bits per heavy atom. The van der Waals surface area contributed by atoms with Crippen LogP contribution < -0.4 is 21.3 Å². The number of aromatic nitrogens is 2. The second-order valence-corrected chi connectivity index (χ2v) is 19.0. The molecular formula is C68H52N6. The first kappa shape index (κ1) is 44.2. The maximum absolute atomic E-state index is 4.00. The van der Waals surface area contributed by atoms with Crippen LogP contribution in [0.5, 0.6) is 0 Å². The number of aryl methyl sites for hydroxylation is 2. The third-order valence-electron chi connectivity index (χ3n) is 14.1. The number of rotatable bonds is 12. The van der Waals surface area contributed by atoms with Gasteiger partial charge in [-0.2, -0.15) is 0 Å². The van der Waals surface area contributed by atoms with E-state index in [4.69, 9.17) is 0 Å². The third kappa shape index (κ3) is 7.95. The van der Waals surface area contributed by atoms with Gasteiger partial charge in [0.1, 0.15) is 0 Å². The molecule has 4 N–H and O–H groups in total. The van der Waals surface area contributed by atoms with E-state index >= 15 is 0 Å². The van der Waals surface area contributed by atoms with Gasteiger partial charge in [-0.25, -0.2) is 0 Å². The van der Waals surface area contributed by atoms with Crippen LogP contribution in [0.2, 0.25) is 0 Å². The van der Waals surface area contributed by atoms with Crippen molar-refractivity contribution >= 4 is 89.1 Å². The predicted molar refractivity (Wildman–Crippen MR) is 314 cm³/mol. The summed E-state index contributed by atoms with van der Waals surface area (Å²) in [6, 6.07) is 91.1. The minimum atomic E-state index is 0.958. The SMILES string of the molecule is Cc1cccc(Nc2c(-c3ccccc3)ccc(-n3c4ccccc4c4c3ccc3c5ccccc5n(-c5ccc(-c6ccccc6)c(Nc6cccc(C)c6)c5Nc5ccccc5)c34)c2Nc2ccccc2)c1. The van der Waals surface area contributed by atoms with Gasteiger partial charge in [0.25, 0.3) is 0 Å². The fourth-order valence-electron chi connectivity index (χ4n) is 10.9. The molecule has 2 heterocycles. The summed E-state index contributed by atoms with van der Waals surface area (Å²) < 4.78 is 4.96. The first-order chi connectivity index (χ1) is 36.5. The Hall–Kier alpha value is -9.78. The van der Waals surface area contributed by atoms with E-state index in [-0.39, 0.29) is 0 Å². The van der Waals surface area contributed by atoms with Gasteiger partial charge < -0.3 is 30.4 Å². The normalized spacial score (nSPS) is 11.4. The molecule has 0 fully saturated rings. The monoisotopic (exact) mass is 952 g/mol. The minimum absolute atomic E-state index is 0.958. The summed E-state index contributed by atoms with van der Waals surface area (Å²) in [5.41, 5.74) is 21.1. The summed E-state index contributed by atoms with van der Waals surface area (Å²) in [4.78, 5) is 0. The van der Waals surface area contributed by atoms with Crippen LogP contribution >= 0.6 is 0 Å². The average Bonchev–Trinajstić information content (AvgIpc) is 4.05. The number of anilines is 8. The molecule has 0 aliphatic carbocycles. The van der Waals surface area contributed by atoms with Gasteiger partial charge in [-0.3, -0.25) is 0 Å². The number of hydrogen-bond donors (Lipinski definition) is 4. The highest BCUT2D eigenvalue weighted by Crippen LogP contribution is 2.49. The van der Waals surface area contributed by atoms with Crippen LogP contribution in [0.4, 0.5) is 45.5 Å². The predicted octanol–water partition coefficient (Wildman–Crippen LogP) is 18.8. The molecule has 13 aromatic rings. The highest BCUT2D eigenvalue weighted by atomic mass is 15.1. The molecular weight excluding hydrogens is 901 g/mol. The van der Waals surface area contributed by atoms with Crippen LogP contribution in [0.1, 0.15) is 11.1 Å². The Bertz CT molecular complexity index is 4200. The topological polar surface area (TPSA) is 58.0 Å². The number of benzene rings is 11. The van der Waals surface area contributed by atoms with Gasteiger partial charge in [0.15, 0.2) is 0 Å². The van der Waals surface area contributed by atoms with E-state index in [1.54, 1.807) is 0 Å². The zero-order valence-corrected chi connectivity index (χ0v) is 41.1. The molecule has 0 bridgehead atoms. The van der Waals surface area contributed by atoms with Crippen LogP contribution in [-0.2, 0) is 0 Å². The lowest BCUT2D eigenvalue weighted by Crippen LogP contribution is -2.06. The van der Waals surface area contributed by atoms with E-state index in [0.717, 1.165) is 112 Å². The summed E-state index contributed by atoms with van der Waals surface area (Å²) in [7, 11) is 0. The molecule has 0 saturated carbocycles. The van der Waals surface area contributed by atoms with Crippen molar-refractivity contribution < 1.29 is 0 Å². The molecule has 0 aliphatic heterocycles. The van der Waals surface area contributed by atoms with Crippen molar-refractivity contribution in [2.24, 2.45) is 0 Å². The number of fused-ring (bicyclic) bond motifs is 7. The number of nitrogens with zero attached hydrogens (tertiary/aromatic N) is 2. The quantitative estimate of drug-likeness (QED) is 0.0986. The zero-order chi connectivity index (χ0) is 49.5. The van der Waals surface area contributed by atoms with Gasteiger partial charge in [-0.1, -0.05) is 176 Å². The Kier molecular flexibility index (Phi) is 11.2. The lowest BCUT2D eigenvalue weighted by molar-refractivity contribution is 1.17. The maximum atomic E-state index is 4.00. The lowest BCUT2D eigenvalue weighted by atomic mass is 10.00. The number of para-hydroxylation sites is 4. The lowest BCUT2D eigenvalue weighted by Gasteiger charge is -2.24. The largest absolute Gasteiger partial charge is 0.353 e. The molecule has 6 nitrogen and oxygen atoms in total. The molecule has 0 saturated heterocycles. The second kappa shape index (κ2) is 18.8. The van der Waals surface area contributed by atoms with E-state index in [1.165, 1.54) is 21.9 Å². The number of hydrogen-bond acceptors (Lipinski definition) is 4. The number of nitrogens with one attached hydrogen (secondary N) is 4. The molecule has 354 valence electrons. The molecule has 2 aromatic heterocycles. The Labute approximate surface area is 430 Å². The van der Waals surface area contributed by atoms with Crippen molar-refractivity contribution in [1.82, 2.24) is 9.13 Å². The van der Waals surface area contributed by atoms with Gasteiger partial charge in [-0.15, -0.1) is 0 Å². The summed E-state index contributed by atoms with van der Waals surface area (Å²) in [5, 5.41) is 20.5. The van der Waals surface area contributed by atoms with Crippen molar-refractivity contribution in [3.05, 3.63) is 266 Å². The van der Waals surface area contributed by atoms with Crippen molar-refractivity contribution in [2.45, 2.75) is 13.8 Å². The molecule has 0 unspecified atom stereocenters. The Morgan fingerprint density at radius 2 is 0.703 bits per heavy atom. The molecule has 6 heteroatoms. The molecule has 0 amide bonds. The van der Waals surface area contributed by atoms with Crippen LogP contribution in [0.15, 0.2) is 255 Å². The van der Waals surface area contributed by atoms with Crippen molar-refractivity contribution in [3.63, 3.8) is 0 Å². The van der Waals surface area contributed by atoms with Crippen LogP contribution in [0.25, 0.3) is 77.2 Å². The van der Waals surface area contributed by atoms with Gasteiger partial charge >= 0.3 is 0 Å². The molecule has 74 heavy (non-hydrogen) atoms. The minimum Gasteiger partial charge on any atom is -0.353 e. The van der Waals surface area contributed by atoms with Gasteiger partial charge in [0.05, 0.1) is 56.2 Å². The maximum Gasteiger partial charge on any atom is 0.0874 e. The first-order valence-corrected chi connectivity index (χ1v) is 25.3. The van der Waals surface area contributed by atoms with Gasteiger partial charge in [0.2, 0.25) is 0 Å². The summed E-state index contributed by atoms with van der Waals surface area (Å²) >= 11 is 0. The first-order valence-electron chi connectivity index (χ1n) is 25.3. The Balaban J connectivity index is 1.14. The standard InChI is InChI=1S/C68H52N6/c1-45-21-19-31-51(43-45)71-64-53(47-23-7-3-8-24-47)37-41-61(66(64)69-49-27-11-5-12-28-49)73-59-36-18-16-34-57(59)63-60(73)40-39-56-55-33-15-17-35-58(55)74(68(56)63)62-42-38-54(48-25-9-4-10-26-48)65(72-52-32-20-22-46(2)44-52)67(62)70-50-29-13-6-14-30-50/h3-44,69-72H,1-2H3. The van der Waals surface area contributed by atoms with Crippen LogP contribution in [-0.4, -0.2) is 9.13 Å². The molecule has 13 rings (SSSR count). The smallest absolute Gasteiger partial charge is 0.0874 e. The van der Waals surface area contributed by atoms with Gasteiger partial charge in [-0.05, 0) is 115 Å². The Morgan fingerprint density at radius 1 is 0.284 bits per heavy atom. The van der Waals surface area contributed by atoms with Crippen molar-refractivity contribution in [3.8, 4) is 33.6 Å². The average molecular weight is 953 g/mol. The van der Waals surface area contributed by atoms with E-state index in [0.29, 0.717) is 0 Å². The van der Waals surface area contributed by atoms with E-state index in [9.17, 15) is 0 Å². The molecule has 0 aliphatic rings. The molecule has 0 radical (unpaired) electrons. The van der Waals surface area contributed by atoms with E-state index < -0.39 is 0 Å².